The Kier molecular flexibility index (Phi) is 25.9. The van der Waals surface area contributed by atoms with Gasteiger partial charge in [-0.1, -0.05) is 115 Å². The Balaban J connectivity index is 3.47. The number of nitrogens with two attached hydrogens (primary N) is 1. The lowest BCUT2D eigenvalue weighted by molar-refractivity contribution is -0.0566. The number of rotatable bonds is 27. The first-order chi connectivity index (χ1) is 17.0. The van der Waals surface area contributed by atoms with Gasteiger partial charge in [0.25, 0.3) is 0 Å². The van der Waals surface area contributed by atoms with Crippen LogP contribution in [0, 0.1) is 0 Å². The third kappa shape index (κ3) is 24.8. The number of ether oxygens (including phenoxy) is 2. The van der Waals surface area contributed by atoms with Gasteiger partial charge in [-0.3, -0.25) is 0 Å². The van der Waals surface area contributed by atoms with E-state index in [1.165, 1.54) is 103 Å². The van der Waals surface area contributed by atoms with Gasteiger partial charge in [-0.25, -0.2) is 0 Å². The Morgan fingerprint density at radius 3 is 1.66 bits per heavy atom. The zero-order valence-electron chi connectivity index (χ0n) is 24.3. The molecule has 0 aromatic carbocycles. The van der Waals surface area contributed by atoms with Gasteiger partial charge < -0.3 is 15.2 Å². The summed E-state index contributed by atoms with van der Waals surface area (Å²) in [5.41, 5.74) is 6.04. The molecule has 3 heteroatoms. The van der Waals surface area contributed by atoms with E-state index in [0.717, 1.165) is 32.5 Å². The standard InChI is InChI=1S/C32H63NO2/c1-5-7-9-11-13-14-15-16-17-18-19-20-21-23-24-26-28-34-30-31(33)32(3,4)35-29-27-25-22-12-10-8-6-2/h13-14,16-17,31H,5-12,15,18-30,33H2,1-4H3/b14-13?,17-16-. The van der Waals surface area contributed by atoms with Gasteiger partial charge in [0.2, 0.25) is 0 Å². The molecule has 0 rings (SSSR count). The average Bonchev–Trinajstić information content (AvgIpc) is 2.84. The third-order valence-electron chi connectivity index (χ3n) is 6.90. The highest BCUT2D eigenvalue weighted by atomic mass is 16.5. The van der Waals surface area contributed by atoms with E-state index in [4.69, 9.17) is 15.2 Å². The zero-order chi connectivity index (χ0) is 25.9. The maximum atomic E-state index is 6.36. The monoisotopic (exact) mass is 493 g/mol. The van der Waals surface area contributed by atoms with Crippen molar-refractivity contribution in [3.8, 4) is 0 Å². The molecule has 3 nitrogen and oxygen atoms in total. The highest BCUT2D eigenvalue weighted by Crippen LogP contribution is 2.16. The van der Waals surface area contributed by atoms with Crippen molar-refractivity contribution < 1.29 is 9.47 Å². The molecule has 0 aliphatic heterocycles. The molecule has 0 bridgehead atoms. The Labute approximate surface area is 220 Å². The van der Waals surface area contributed by atoms with E-state index in [9.17, 15) is 0 Å². The molecule has 0 amide bonds. The van der Waals surface area contributed by atoms with Crippen molar-refractivity contribution in [2.75, 3.05) is 19.8 Å². The minimum absolute atomic E-state index is 0.0725. The SMILES string of the molecule is CCCCCC=CC/C=C\CCCCCCCCOCC(N)C(C)(C)OCCCCCCCCC. The van der Waals surface area contributed by atoms with Gasteiger partial charge in [-0.05, 0) is 58.8 Å². The summed E-state index contributed by atoms with van der Waals surface area (Å²) in [4.78, 5) is 0. The van der Waals surface area contributed by atoms with Crippen LogP contribution >= 0.6 is 0 Å². The maximum absolute atomic E-state index is 6.36. The molecule has 2 N–H and O–H groups in total. The van der Waals surface area contributed by atoms with Gasteiger partial charge in [0.15, 0.2) is 0 Å². The molecule has 0 aromatic rings. The lowest BCUT2D eigenvalue weighted by Crippen LogP contribution is -2.48. The first-order valence-corrected chi connectivity index (χ1v) is 15.3. The molecule has 0 radical (unpaired) electrons. The van der Waals surface area contributed by atoms with Crippen LogP contribution in [0.25, 0.3) is 0 Å². The zero-order valence-corrected chi connectivity index (χ0v) is 24.3. The van der Waals surface area contributed by atoms with Gasteiger partial charge in [-0.2, -0.15) is 0 Å². The van der Waals surface area contributed by atoms with E-state index < -0.39 is 0 Å². The van der Waals surface area contributed by atoms with Crippen LogP contribution in [0.1, 0.15) is 150 Å². The predicted octanol–water partition coefficient (Wildman–Crippen LogP) is 9.69. The molecule has 1 unspecified atom stereocenters. The second-order valence-electron chi connectivity index (χ2n) is 10.8. The van der Waals surface area contributed by atoms with Crippen molar-refractivity contribution in [1.82, 2.24) is 0 Å². The summed E-state index contributed by atoms with van der Waals surface area (Å²) < 4.78 is 12.0. The fraction of sp³-hybridized carbons (Fsp3) is 0.875. The second-order valence-corrected chi connectivity index (χ2v) is 10.8. The number of allylic oxidation sites excluding steroid dienone is 4. The molecule has 208 valence electrons. The molecule has 0 heterocycles. The van der Waals surface area contributed by atoms with E-state index >= 15 is 0 Å². The van der Waals surface area contributed by atoms with Crippen LogP contribution in [0.2, 0.25) is 0 Å². The summed E-state index contributed by atoms with van der Waals surface area (Å²) in [6, 6.07) is -0.0725. The fourth-order valence-corrected chi connectivity index (χ4v) is 4.10. The van der Waals surface area contributed by atoms with Gasteiger partial charge in [0, 0.05) is 13.2 Å². The molecular weight excluding hydrogens is 430 g/mol. The summed E-state index contributed by atoms with van der Waals surface area (Å²) in [5, 5.41) is 0. The van der Waals surface area contributed by atoms with Crippen molar-refractivity contribution in [2.45, 2.75) is 161 Å². The van der Waals surface area contributed by atoms with Crippen molar-refractivity contribution in [3.63, 3.8) is 0 Å². The summed E-state index contributed by atoms with van der Waals surface area (Å²) in [6.07, 6.45) is 33.7. The van der Waals surface area contributed by atoms with Crippen molar-refractivity contribution >= 4 is 0 Å². The van der Waals surface area contributed by atoms with Crippen LogP contribution < -0.4 is 5.73 Å². The Morgan fingerprint density at radius 2 is 1.06 bits per heavy atom. The van der Waals surface area contributed by atoms with E-state index in [-0.39, 0.29) is 11.6 Å². The molecule has 0 saturated carbocycles. The predicted molar refractivity (Wildman–Crippen MR) is 156 cm³/mol. The largest absolute Gasteiger partial charge is 0.380 e. The van der Waals surface area contributed by atoms with Gasteiger partial charge >= 0.3 is 0 Å². The van der Waals surface area contributed by atoms with Crippen LogP contribution in [0.3, 0.4) is 0 Å². The van der Waals surface area contributed by atoms with Crippen molar-refractivity contribution in [3.05, 3.63) is 24.3 Å². The quantitative estimate of drug-likeness (QED) is 0.0914. The van der Waals surface area contributed by atoms with E-state index in [1.807, 2.05) is 0 Å². The summed E-state index contributed by atoms with van der Waals surface area (Å²) >= 11 is 0. The molecule has 0 spiro atoms. The highest BCUT2D eigenvalue weighted by Gasteiger charge is 2.27. The third-order valence-corrected chi connectivity index (χ3v) is 6.90. The van der Waals surface area contributed by atoms with Gasteiger partial charge in [-0.15, -0.1) is 0 Å². The van der Waals surface area contributed by atoms with Crippen LogP contribution in [0.5, 0.6) is 0 Å². The number of hydrogen-bond acceptors (Lipinski definition) is 3. The lowest BCUT2D eigenvalue weighted by atomic mass is 10.00. The minimum Gasteiger partial charge on any atom is -0.380 e. The van der Waals surface area contributed by atoms with E-state index in [0.29, 0.717) is 6.61 Å². The van der Waals surface area contributed by atoms with Crippen LogP contribution in [0.4, 0.5) is 0 Å². The molecule has 35 heavy (non-hydrogen) atoms. The van der Waals surface area contributed by atoms with Crippen LogP contribution in [-0.2, 0) is 9.47 Å². The van der Waals surface area contributed by atoms with Gasteiger partial charge in [0.1, 0.15) is 0 Å². The smallest absolute Gasteiger partial charge is 0.0799 e. The molecular formula is C32H63NO2. The van der Waals surface area contributed by atoms with Crippen molar-refractivity contribution in [2.24, 2.45) is 5.73 Å². The number of unbranched alkanes of at least 4 members (excludes halogenated alkanes) is 15. The Bertz CT molecular complexity index is 472. The Morgan fingerprint density at radius 1 is 0.600 bits per heavy atom. The molecule has 0 aliphatic rings. The van der Waals surface area contributed by atoms with Crippen LogP contribution in [0.15, 0.2) is 24.3 Å². The molecule has 0 fully saturated rings. The van der Waals surface area contributed by atoms with Gasteiger partial charge in [0.05, 0.1) is 18.2 Å². The molecule has 1 atom stereocenters. The van der Waals surface area contributed by atoms with E-state index in [2.05, 4.69) is 52.0 Å². The fourth-order valence-electron chi connectivity index (χ4n) is 4.10. The first kappa shape index (κ1) is 34.4. The molecule has 0 aromatic heterocycles. The first-order valence-electron chi connectivity index (χ1n) is 15.3. The number of hydrogen-bond donors (Lipinski definition) is 1. The second kappa shape index (κ2) is 26.4. The summed E-state index contributed by atoms with van der Waals surface area (Å²) in [5.74, 6) is 0. The Hall–Kier alpha value is -0.640. The summed E-state index contributed by atoms with van der Waals surface area (Å²) in [7, 11) is 0. The van der Waals surface area contributed by atoms with Crippen molar-refractivity contribution in [1.29, 1.82) is 0 Å². The topological polar surface area (TPSA) is 44.5 Å². The summed E-state index contributed by atoms with van der Waals surface area (Å²) in [6.45, 7) is 10.9. The van der Waals surface area contributed by atoms with E-state index in [1.54, 1.807) is 0 Å². The normalized spacial score (nSPS) is 13.4. The molecule has 0 aliphatic carbocycles. The maximum Gasteiger partial charge on any atom is 0.0799 e. The molecule has 0 saturated heterocycles. The minimum atomic E-state index is -0.318. The van der Waals surface area contributed by atoms with Crippen LogP contribution in [-0.4, -0.2) is 31.5 Å². The lowest BCUT2D eigenvalue weighted by Gasteiger charge is -2.31. The average molecular weight is 494 g/mol. The highest BCUT2D eigenvalue weighted by molar-refractivity contribution is 4.92.